The molecule has 0 fully saturated rings. The van der Waals surface area contributed by atoms with Crippen molar-refractivity contribution < 1.29 is 16.8 Å². The van der Waals surface area contributed by atoms with Crippen molar-refractivity contribution in [2.45, 2.75) is 22.4 Å². The molecular formula is C13H15NO4S3. The third kappa shape index (κ3) is 3.84. The molecule has 2 aromatic rings. The molecule has 1 aromatic heterocycles. The van der Waals surface area contributed by atoms with Crippen molar-refractivity contribution in [1.82, 2.24) is 0 Å². The molecule has 0 aliphatic heterocycles. The van der Waals surface area contributed by atoms with E-state index in [4.69, 9.17) is 0 Å². The van der Waals surface area contributed by atoms with E-state index >= 15 is 0 Å². The first-order chi connectivity index (χ1) is 9.72. The number of nitrogens with one attached hydrogen (secondary N) is 1. The molecule has 8 heteroatoms. The zero-order valence-corrected chi connectivity index (χ0v) is 14.0. The third-order valence-corrected chi connectivity index (χ3v) is 7.02. The van der Waals surface area contributed by atoms with Crippen LogP contribution in [0.4, 0.5) is 5.69 Å². The summed E-state index contributed by atoms with van der Waals surface area (Å²) in [7, 11) is -6.92. The van der Waals surface area contributed by atoms with Crippen molar-refractivity contribution >= 4 is 36.9 Å². The fourth-order valence-corrected chi connectivity index (χ4v) is 4.65. The first-order valence-electron chi connectivity index (χ1n) is 6.14. The second-order valence-corrected chi connectivity index (χ2v) is 9.57. The Morgan fingerprint density at radius 1 is 1.00 bits per heavy atom. The van der Waals surface area contributed by atoms with E-state index in [0.29, 0.717) is 5.69 Å². The van der Waals surface area contributed by atoms with Gasteiger partial charge in [-0.25, -0.2) is 16.8 Å². The largest absolute Gasteiger partial charge is 0.279 e. The second kappa shape index (κ2) is 5.78. The number of anilines is 1. The van der Waals surface area contributed by atoms with Crippen LogP contribution in [0.5, 0.6) is 0 Å². The molecule has 1 heterocycles. The van der Waals surface area contributed by atoms with Gasteiger partial charge in [-0.15, -0.1) is 11.3 Å². The van der Waals surface area contributed by atoms with Crippen LogP contribution in [-0.2, 0) is 26.3 Å². The fraction of sp³-hybridized carbons (Fsp3) is 0.231. The molecule has 21 heavy (non-hydrogen) atoms. The van der Waals surface area contributed by atoms with Crippen molar-refractivity contribution in [2.75, 3.05) is 11.0 Å². The molecule has 0 saturated carbocycles. The lowest BCUT2D eigenvalue weighted by molar-refractivity contribution is 0.601. The molecule has 0 unspecified atom stereocenters. The maximum Gasteiger partial charge on any atom is 0.271 e. The van der Waals surface area contributed by atoms with Crippen LogP contribution in [0.25, 0.3) is 0 Å². The van der Waals surface area contributed by atoms with Gasteiger partial charge >= 0.3 is 0 Å². The topological polar surface area (TPSA) is 80.3 Å². The van der Waals surface area contributed by atoms with E-state index in [1.165, 1.54) is 35.6 Å². The molecule has 0 saturated heterocycles. The number of aryl methyl sites for hydroxylation is 1. The van der Waals surface area contributed by atoms with Crippen LogP contribution in [0.2, 0.25) is 0 Å². The highest BCUT2D eigenvalue weighted by atomic mass is 32.2. The first kappa shape index (κ1) is 16.0. The lowest BCUT2D eigenvalue weighted by Crippen LogP contribution is -2.11. The minimum atomic E-state index is -3.63. The van der Waals surface area contributed by atoms with Crippen molar-refractivity contribution in [3.63, 3.8) is 0 Å². The molecule has 5 nitrogen and oxygen atoms in total. The summed E-state index contributed by atoms with van der Waals surface area (Å²) >= 11 is 1.22. The van der Waals surface area contributed by atoms with Gasteiger partial charge in [-0.1, -0.05) is 6.92 Å². The van der Waals surface area contributed by atoms with E-state index in [1.54, 1.807) is 12.1 Å². The van der Waals surface area contributed by atoms with Gasteiger partial charge in [-0.3, -0.25) is 4.72 Å². The molecule has 0 aliphatic rings. The summed E-state index contributed by atoms with van der Waals surface area (Å²) < 4.78 is 49.8. The van der Waals surface area contributed by atoms with Gasteiger partial charge in [-0.05, 0) is 42.8 Å². The summed E-state index contributed by atoms with van der Waals surface area (Å²) in [5, 5.41) is 0. The van der Waals surface area contributed by atoms with E-state index < -0.39 is 19.9 Å². The normalized spacial score (nSPS) is 12.3. The Morgan fingerprint density at radius 3 is 2.10 bits per heavy atom. The number of rotatable bonds is 5. The lowest BCUT2D eigenvalue weighted by Gasteiger charge is -2.06. The number of thiophene rings is 1. The fourth-order valence-electron chi connectivity index (χ4n) is 1.67. The zero-order valence-electron chi connectivity index (χ0n) is 11.5. The zero-order chi connectivity index (χ0) is 15.7. The van der Waals surface area contributed by atoms with Gasteiger partial charge in [0.1, 0.15) is 4.21 Å². The molecular weight excluding hydrogens is 330 g/mol. The number of benzene rings is 1. The third-order valence-electron chi connectivity index (χ3n) is 2.78. The maximum absolute atomic E-state index is 12.2. The van der Waals surface area contributed by atoms with Crippen molar-refractivity contribution in [1.29, 1.82) is 0 Å². The lowest BCUT2D eigenvalue weighted by atomic mass is 10.3. The molecule has 0 spiro atoms. The van der Waals surface area contributed by atoms with Gasteiger partial charge in [0.15, 0.2) is 9.84 Å². The van der Waals surface area contributed by atoms with E-state index in [0.717, 1.165) is 17.6 Å². The number of hydrogen-bond acceptors (Lipinski definition) is 5. The Labute approximate surface area is 128 Å². The van der Waals surface area contributed by atoms with Crippen LogP contribution in [0.3, 0.4) is 0 Å². The molecule has 0 aliphatic carbocycles. The summed E-state index contributed by atoms with van der Waals surface area (Å²) in [6.07, 6.45) is 1.88. The Hall–Kier alpha value is -1.38. The molecule has 2 rings (SSSR count). The smallest absolute Gasteiger partial charge is 0.271 e. The van der Waals surface area contributed by atoms with Crippen molar-refractivity contribution in [3.05, 3.63) is 41.3 Å². The summed E-state index contributed by atoms with van der Waals surface area (Å²) in [5.74, 6) is 0. The minimum Gasteiger partial charge on any atom is -0.279 e. The van der Waals surface area contributed by atoms with Gasteiger partial charge in [-0.2, -0.15) is 0 Å². The van der Waals surface area contributed by atoms with Crippen molar-refractivity contribution in [2.24, 2.45) is 0 Å². The van der Waals surface area contributed by atoms with Gasteiger partial charge in [0.05, 0.1) is 4.90 Å². The SMILES string of the molecule is CCc1ccc(S(=O)(=O)Nc2ccc(S(C)(=O)=O)cc2)s1. The maximum atomic E-state index is 12.2. The second-order valence-electron chi connectivity index (χ2n) is 4.48. The Bertz CT molecular complexity index is 834. The summed E-state index contributed by atoms with van der Waals surface area (Å²) in [6, 6.07) is 8.96. The van der Waals surface area contributed by atoms with E-state index in [2.05, 4.69) is 4.72 Å². The number of sulfonamides is 1. The average Bonchev–Trinajstić information content (AvgIpc) is 2.87. The average molecular weight is 345 g/mol. The highest BCUT2D eigenvalue weighted by Crippen LogP contribution is 2.24. The highest BCUT2D eigenvalue weighted by Gasteiger charge is 2.17. The molecule has 0 atom stereocenters. The predicted octanol–water partition coefficient (Wildman–Crippen LogP) is 2.51. The van der Waals surface area contributed by atoms with Crippen LogP contribution in [0.15, 0.2) is 45.5 Å². The van der Waals surface area contributed by atoms with Gasteiger partial charge < -0.3 is 0 Å². The summed E-state index contributed by atoms with van der Waals surface area (Å²) in [4.78, 5) is 1.14. The van der Waals surface area contributed by atoms with E-state index in [9.17, 15) is 16.8 Å². The van der Waals surface area contributed by atoms with Crippen LogP contribution in [0, 0.1) is 0 Å². The highest BCUT2D eigenvalue weighted by molar-refractivity contribution is 7.94. The van der Waals surface area contributed by atoms with Gasteiger partial charge in [0.2, 0.25) is 0 Å². The monoisotopic (exact) mass is 345 g/mol. The van der Waals surface area contributed by atoms with Gasteiger partial charge in [0, 0.05) is 16.8 Å². The van der Waals surface area contributed by atoms with Crippen LogP contribution in [0.1, 0.15) is 11.8 Å². The molecule has 0 bridgehead atoms. The number of hydrogen-bond donors (Lipinski definition) is 1. The Morgan fingerprint density at radius 2 is 1.62 bits per heavy atom. The summed E-state index contributed by atoms with van der Waals surface area (Å²) in [6.45, 7) is 1.96. The molecule has 1 aromatic carbocycles. The standard InChI is InChI=1S/C13H15NO4S3/c1-3-11-6-9-13(19-11)21(17,18)14-10-4-7-12(8-5-10)20(2,15)16/h4-9,14H,3H2,1-2H3. The van der Waals surface area contributed by atoms with Crippen LogP contribution >= 0.6 is 11.3 Å². The van der Waals surface area contributed by atoms with Crippen LogP contribution in [-0.4, -0.2) is 23.1 Å². The predicted molar refractivity (Wildman–Crippen MR) is 84.1 cm³/mol. The van der Waals surface area contributed by atoms with Crippen molar-refractivity contribution in [3.8, 4) is 0 Å². The quantitative estimate of drug-likeness (QED) is 0.903. The molecule has 0 amide bonds. The molecule has 1 N–H and O–H groups in total. The van der Waals surface area contributed by atoms with E-state index in [-0.39, 0.29) is 9.10 Å². The molecule has 114 valence electrons. The Balaban J connectivity index is 2.24. The Kier molecular flexibility index (Phi) is 4.40. The van der Waals surface area contributed by atoms with E-state index in [1.807, 2.05) is 6.92 Å². The minimum absolute atomic E-state index is 0.148. The first-order valence-corrected chi connectivity index (χ1v) is 10.3. The van der Waals surface area contributed by atoms with Crippen LogP contribution < -0.4 is 4.72 Å². The molecule has 0 radical (unpaired) electrons. The summed E-state index contributed by atoms with van der Waals surface area (Å²) in [5.41, 5.74) is 0.328. The van der Waals surface area contributed by atoms with Gasteiger partial charge in [0.25, 0.3) is 10.0 Å². The number of sulfone groups is 1.